The average molecular weight is 353 g/mol. The molecule has 2 amide bonds. The number of piperidine rings is 1. The van der Waals surface area contributed by atoms with Crippen LogP contribution in [0.15, 0.2) is 29.2 Å². The summed E-state index contributed by atoms with van der Waals surface area (Å²) < 4.78 is 22.4. The van der Waals surface area contributed by atoms with Crippen LogP contribution in [0.5, 0.6) is 0 Å². The van der Waals surface area contributed by atoms with E-state index in [1.165, 1.54) is 12.1 Å². The normalized spacial score (nSPS) is 21.4. The molecule has 0 saturated carbocycles. The summed E-state index contributed by atoms with van der Waals surface area (Å²) >= 11 is 0. The van der Waals surface area contributed by atoms with Crippen LogP contribution >= 0.6 is 0 Å². The second-order valence-electron chi connectivity index (χ2n) is 6.53. The van der Waals surface area contributed by atoms with Crippen molar-refractivity contribution in [2.24, 2.45) is 17.0 Å². The summed E-state index contributed by atoms with van der Waals surface area (Å²) in [5, 5.41) is 7.60. The standard InChI is InChI=1S/C16H23N3O4S/c1-11-7-12(2)10-19(9-11)16(21)15(20)18-8-13-3-5-14(6-4-13)24(17,22)23/h3-6,11-12H,7-10H2,1-2H3,(H,18,20)(H2,17,22,23). The fourth-order valence-corrected chi connectivity index (χ4v) is 3.54. The molecule has 1 saturated heterocycles. The Bertz CT molecular complexity index is 705. The SMILES string of the molecule is CC1CC(C)CN(C(=O)C(=O)NCc2ccc(S(N)(=O)=O)cc2)C1. The Labute approximate surface area is 142 Å². The monoisotopic (exact) mass is 353 g/mol. The number of nitrogens with two attached hydrogens (primary N) is 1. The van der Waals surface area contributed by atoms with Gasteiger partial charge in [-0.1, -0.05) is 26.0 Å². The summed E-state index contributed by atoms with van der Waals surface area (Å²) in [5.41, 5.74) is 0.684. The highest BCUT2D eigenvalue weighted by molar-refractivity contribution is 7.89. The summed E-state index contributed by atoms with van der Waals surface area (Å²) in [6.07, 6.45) is 1.06. The number of primary sulfonamides is 1. The van der Waals surface area contributed by atoms with E-state index in [0.29, 0.717) is 30.5 Å². The molecule has 8 heteroatoms. The van der Waals surface area contributed by atoms with Gasteiger partial charge in [0.1, 0.15) is 0 Å². The molecule has 7 nitrogen and oxygen atoms in total. The number of sulfonamides is 1. The van der Waals surface area contributed by atoms with Crippen LogP contribution < -0.4 is 10.5 Å². The van der Waals surface area contributed by atoms with Gasteiger partial charge in [-0.3, -0.25) is 9.59 Å². The van der Waals surface area contributed by atoms with Gasteiger partial charge < -0.3 is 10.2 Å². The van der Waals surface area contributed by atoms with Crippen molar-refractivity contribution in [3.8, 4) is 0 Å². The smallest absolute Gasteiger partial charge is 0.311 e. The second-order valence-corrected chi connectivity index (χ2v) is 8.09. The molecule has 132 valence electrons. The highest BCUT2D eigenvalue weighted by atomic mass is 32.2. The first kappa shape index (κ1) is 18.4. The third kappa shape index (κ3) is 4.78. The van der Waals surface area contributed by atoms with Crippen LogP contribution in [0.25, 0.3) is 0 Å². The molecular weight excluding hydrogens is 330 g/mol. The highest BCUT2D eigenvalue weighted by Gasteiger charge is 2.28. The van der Waals surface area contributed by atoms with E-state index >= 15 is 0 Å². The minimum absolute atomic E-state index is 0.00458. The predicted molar refractivity (Wildman–Crippen MR) is 89.2 cm³/mol. The van der Waals surface area contributed by atoms with Gasteiger partial charge in [0.15, 0.2) is 0 Å². The molecule has 1 aliphatic heterocycles. The highest BCUT2D eigenvalue weighted by Crippen LogP contribution is 2.20. The van der Waals surface area contributed by atoms with Gasteiger partial charge in [-0.05, 0) is 36.0 Å². The maximum Gasteiger partial charge on any atom is 0.311 e. The maximum atomic E-state index is 12.2. The zero-order valence-electron chi connectivity index (χ0n) is 13.9. The molecule has 0 aromatic heterocycles. The summed E-state index contributed by atoms with van der Waals surface area (Å²) in [4.78, 5) is 25.9. The van der Waals surface area contributed by atoms with Crippen molar-refractivity contribution in [2.45, 2.75) is 31.7 Å². The number of carbonyl (C=O) groups is 2. The molecule has 1 aromatic rings. The van der Waals surface area contributed by atoms with Crippen LogP contribution in [0.2, 0.25) is 0 Å². The van der Waals surface area contributed by atoms with Crippen molar-refractivity contribution >= 4 is 21.8 Å². The van der Waals surface area contributed by atoms with Crippen LogP contribution in [0.1, 0.15) is 25.8 Å². The van der Waals surface area contributed by atoms with Gasteiger partial charge in [-0.25, -0.2) is 13.6 Å². The molecule has 3 N–H and O–H groups in total. The number of nitrogens with zero attached hydrogens (tertiary/aromatic N) is 1. The molecule has 1 aromatic carbocycles. The van der Waals surface area contributed by atoms with E-state index in [0.717, 1.165) is 6.42 Å². The zero-order valence-corrected chi connectivity index (χ0v) is 14.7. The van der Waals surface area contributed by atoms with Crippen molar-refractivity contribution in [1.82, 2.24) is 10.2 Å². The van der Waals surface area contributed by atoms with Gasteiger partial charge in [-0.2, -0.15) is 0 Å². The maximum absolute atomic E-state index is 12.2. The van der Waals surface area contributed by atoms with E-state index in [1.807, 2.05) is 0 Å². The van der Waals surface area contributed by atoms with Gasteiger partial charge in [0.25, 0.3) is 0 Å². The first-order valence-corrected chi connectivity index (χ1v) is 9.40. The van der Waals surface area contributed by atoms with Crippen LogP contribution in [-0.4, -0.2) is 38.2 Å². The Hall–Kier alpha value is -1.93. The molecule has 2 unspecified atom stereocenters. The van der Waals surface area contributed by atoms with Crippen LogP contribution in [0, 0.1) is 11.8 Å². The minimum atomic E-state index is -3.74. The van der Waals surface area contributed by atoms with Gasteiger partial charge in [0.05, 0.1) is 4.90 Å². The Morgan fingerprint density at radius 1 is 1.17 bits per heavy atom. The summed E-state index contributed by atoms with van der Waals surface area (Å²) in [6.45, 7) is 5.48. The van der Waals surface area contributed by atoms with Gasteiger partial charge in [-0.15, -0.1) is 0 Å². The summed E-state index contributed by atoms with van der Waals surface area (Å²) in [5.74, 6) is -0.395. The lowest BCUT2D eigenvalue weighted by atomic mass is 9.92. The van der Waals surface area contributed by atoms with E-state index in [-0.39, 0.29) is 11.4 Å². The van der Waals surface area contributed by atoms with E-state index < -0.39 is 21.8 Å². The predicted octanol–water partition coefficient (Wildman–Crippen LogP) is 0.455. The lowest BCUT2D eigenvalue weighted by Gasteiger charge is -2.34. The van der Waals surface area contributed by atoms with Gasteiger partial charge in [0.2, 0.25) is 10.0 Å². The fraction of sp³-hybridized carbons (Fsp3) is 0.500. The second kappa shape index (κ2) is 7.31. The molecule has 1 heterocycles. The number of nitrogens with one attached hydrogen (secondary N) is 1. The minimum Gasteiger partial charge on any atom is -0.344 e. The molecule has 0 radical (unpaired) electrons. The summed E-state index contributed by atoms with van der Waals surface area (Å²) in [7, 11) is -3.74. The molecule has 2 rings (SSSR count). The van der Waals surface area contributed by atoms with E-state index in [9.17, 15) is 18.0 Å². The number of rotatable bonds is 3. The summed E-state index contributed by atoms with van der Waals surface area (Å²) in [6, 6.07) is 5.84. The number of amides is 2. The Balaban J connectivity index is 1.91. The Kier molecular flexibility index (Phi) is 5.61. The van der Waals surface area contributed by atoms with E-state index in [1.54, 1.807) is 17.0 Å². The average Bonchev–Trinajstić information content (AvgIpc) is 2.50. The lowest BCUT2D eigenvalue weighted by Crippen LogP contribution is -2.48. The van der Waals surface area contributed by atoms with Gasteiger partial charge >= 0.3 is 11.8 Å². The number of hydrogen-bond acceptors (Lipinski definition) is 4. The topological polar surface area (TPSA) is 110 Å². The molecule has 2 atom stereocenters. The number of benzene rings is 1. The van der Waals surface area contributed by atoms with Crippen LogP contribution in [0.3, 0.4) is 0 Å². The molecule has 24 heavy (non-hydrogen) atoms. The van der Waals surface area contributed by atoms with Crippen molar-refractivity contribution in [3.63, 3.8) is 0 Å². The molecule has 1 aliphatic rings. The van der Waals surface area contributed by atoms with Crippen LogP contribution in [0.4, 0.5) is 0 Å². The third-order valence-electron chi connectivity index (χ3n) is 4.06. The first-order chi connectivity index (χ1) is 11.2. The Morgan fingerprint density at radius 3 is 2.21 bits per heavy atom. The zero-order chi connectivity index (χ0) is 17.9. The molecule has 0 aliphatic carbocycles. The first-order valence-electron chi connectivity index (χ1n) is 7.85. The number of likely N-dealkylation sites (tertiary alicyclic amines) is 1. The quantitative estimate of drug-likeness (QED) is 0.769. The van der Waals surface area contributed by atoms with Crippen molar-refractivity contribution in [1.29, 1.82) is 0 Å². The molecule has 0 spiro atoms. The lowest BCUT2D eigenvalue weighted by molar-refractivity contribution is -0.147. The molecule has 0 bridgehead atoms. The fourth-order valence-electron chi connectivity index (χ4n) is 3.03. The molecule has 1 fully saturated rings. The van der Waals surface area contributed by atoms with Gasteiger partial charge in [0, 0.05) is 19.6 Å². The Morgan fingerprint density at radius 2 is 1.71 bits per heavy atom. The largest absolute Gasteiger partial charge is 0.344 e. The van der Waals surface area contributed by atoms with Crippen LogP contribution in [-0.2, 0) is 26.2 Å². The van der Waals surface area contributed by atoms with Crippen molar-refractivity contribution in [3.05, 3.63) is 29.8 Å². The van der Waals surface area contributed by atoms with Crippen molar-refractivity contribution in [2.75, 3.05) is 13.1 Å². The molecular formula is C16H23N3O4S. The number of carbonyl (C=O) groups excluding carboxylic acids is 2. The van der Waals surface area contributed by atoms with E-state index in [2.05, 4.69) is 19.2 Å². The number of hydrogen-bond donors (Lipinski definition) is 2. The third-order valence-corrected chi connectivity index (χ3v) is 4.98. The van der Waals surface area contributed by atoms with Crippen molar-refractivity contribution < 1.29 is 18.0 Å². The van der Waals surface area contributed by atoms with E-state index in [4.69, 9.17) is 5.14 Å².